The molecule has 2 saturated heterocycles. The molecular weight excluding hydrogens is 122 g/mol. The van der Waals surface area contributed by atoms with Gasteiger partial charge in [0, 0.05) is 12.1 Å². The lowest BCUT2D eigenvalue weighted by Gasteiger charge is -2.34. The zero-order valence-electron chi connectivity index (χ0n) is 7.01. The van der Waals surface area contributed by atoms with Gasteiger partial charge in [0.25, 0.3) is 0 Å². The second-order valence-electron chi connectivity index (χ2n) is 4.13. The summed E-state index contributed by atoms with van der Waals surface area (Å²) in [7, 11) is 2.30. The number of hydrogen-bond donors (Lipinski definition) is 0. The maximum absolute atomic E-state index is 2.60. The minimum Gasteiger partial charge on any atom is -0.300 e. The first-order valence-corrected chi connectivity index (χ1v) is 4.49. The Hall–Kier alpha value is -0.0400. The molecule has 2 aliphatic rings. The molecule has 0 saturated carbocycles. The summed E-state index contributed by atoms with van der Waals surface area (Å²) >= 11 is 0. The van der Waals surface area contributed by atoms with E-state index in [1.165, 1.54) is 25.7 Å². The molecule has 0 aromatic heterocycles. The lowest BCUT2D eigenvalue weighted by Crippen LogP contribution is -2.39. The van der Waals surface area contributed by atoms with E-state index >= 15 is 0 Å². The smallest absolute Gasteiger partial charge is 0.00982 e. The van der Waals surface area contributed by atoms with Gasteiger partial charge < -0.3 is 4.90 Å². The van der Waals surface area contributed by atoms with Crippen molar-refractivity contribution in [1.82, 2.24) is 4.90 Å². The highest BCUT2D eigenvalue weighted by atomic mass is 15.2. The molecule has 2 bridgehead atoms. The lowest BCUT2D eigenvalue weighted by atomic mass is 9.93. The van der Waals surface area contributed by atoms with Gasteiger partial charge in [-0.3, -0.25) is 0 Å². The van der Waals surface area contributed by atoms with E-state index in [9.17, 15) is 0 Å². The first kappa shape index (κ1) is 6.66. The van der Waals surface area contributed by atoms with E-state index in [4.69, 9.17) is 0 Å². The number of rotatable bonds is 0. The molecule has 1 heteroatoms. The van der Waals surface area contributed by atoms with E-state index in [1.54, 1.807) is 0 Å². The minimum absolute atomic E-state index is 0.939. The van der Waals surface area contributed by atoms with Crippen LogP contribution in [0.15, 0.2) is 0 Å². The summed E-state index contributed by atoms with van der Waals surface area (Å²) in [6.45, 7) is 2.40. The van der Waals surface area contributed by atoms with Gasteiger partial charge in [0.1, 0.15) is 0 Å². The molecule has 2 rings (SSSR count). The van der Waals surface area contributed by atoms with Crippen molar-refractivity contribution >= 4 is 0 Å². The fraction of sp³-hybridized carbons (Fsp3) is 1.00. The van der Waals surface area contributed by atoms with Crippen molar-refractivity contribution in [2.45, 2.75) is 44.7 Å². The van der Waals surface area contributed by atoms with Crippen LogP contribution in [-0.2, 0) is 0 Å². The molecule has 2 aliphatic heterocycles. The quantitative estimate of drug-likeness (QED) is 0.495. The monoisotopic (exact) mass is 139 g/mol. The highest BCUT2D eigenvalue weighted by Crippen LogP contribution is 2.36. The third-order valence-corrected chi connectivity index (χ3v) is 3.33. The van der Waals surface area contributed by atoms with E-state index in [-0.39, 0.29) is 0 Å². The van der Waals surface area contributed by atoms with Crippen LogP contribution in [-0.4, -0.2) is 24.0 Å². The SMILES string of the molecule is CC1C[C@@H]2CC[C@@H](C1)N2C. The van der Waals surface area contributed by atoms with E-state index in [2.05, 4.69) is 18.9 Å². The Morgan fingerprint density at radius 1 is 1.10 bits per heavy atom. The van der Waals surface area contributed by atoms with Crippen LogP contribution in [0.25, 0.3) is 0 Å². The van der Waals surface area contributed by atoms with Crippen LogP contribution in [0.3, 0.4) is 0 Å². The summed E-state index contributed by atoms with van der Waals surface area (Å²) < 4.78 is 0. The molecule has 0 unspecified atom stereocenters. The Labute approximate surface area is 63.4 Å². The molecule has 0 amide bonds. The van der Waals surface area contributed by atoms with E-state index in [0.29, 0.717) is 0 Å². The Morgan fingerprint density at radius 2 is 1.60 bits per heavy atom. The molecule has 0 N–H and O–H groups in total. The summed E-state index contributed by atoms with van der Waals surface area (Å²) in [5, 5.41) is 0. The topological polar surface area (TPSA) is 3.24 Å². The second-order valence-corrected chi connectivity index (χ2v) is 4.13. The molecule has 58 valence electrons. The van der Waals surface area contributed by atoms with Gasteiger partial charge in [-0.2, -0.15) is 0 Å². The number of fused-ring (bicyclic) bond motifs is 2. The summed E-state index contributed by atoms with van der Waals surface area (Å²) in [4.78, 5) is 2.60. The molecule has 0 spiro atoms. The normalized spacial score (nSPS) is 48.0. The van der Waals surface area contributed by atoms with Crippen LogP contribution in [0, 0.1) is 5.92 Å². The molecule has 0 aromatic rings. The van der Waals surface area contributed by atoms with Gasteiger partial charge in [0.2, 0.25) is 0 Å². The fourth-order valence-corrected chi connectivity index (χ4v) is 2.68. The number of hydrogen-bond acceptors (Lipinski definition) is 1. The van der Waals surface area contributed by atoms with Gasteiger partial charge in [0.15, 0.2) is 0 Å². The molecule has 10 heavy (non-hydrogen) atoms. The molecule has 2 fully saturated rings. The predicted molar refractivity (Wildman–Crippen MR) is 43.0 cm³/mol. The number of nitrogens with zero attached hydrogens (tertiary/aromatic N) is 1. The number of piperidine rings is 1. The van der Waals surface area contributed by atoms with Gasteiger partial charge in [-0.1, -0.05) is 6.92 Å². The van der Waals surface area contributed by atoms with Crippen LogP contribution in [0.1, 0.15) is 32.6 Å². The molecular formula is C9H17N. The molecule has 0 aliphatic carbocycles. The maximum atomic E-state index is 2.60. The first-order valence-electron chi connectivity index (χ1n) is 4.49. The van der Waals surface area contributed by atoms with Gasteiger partial charge in [0.05, 0.1) is 0 Å². The van der Waals surface area contributed by atoms with Gasteiger partial charge in [-0.15, -0.1) is 0 Å². The molecule has 2 heterocycles. The minimum atomic E-state index is 0.939. The van der Waals surface area contributed by atoms with Gasteiger partial charge >= 0.3 is 0 Å². The standard InChI is InChI=1S/C9H17N/c1-7-5-8-3-4-9(6-7)10(8)2/h7-9H,3-6H2,1-2H3/t8-,9-/m0/s1. The van der Waals surface area contributed by atoms with Crippen LogP contribution < -0.4 is 0 Å². The fourth-order valence-electron chi connectivity index (χ4n) is 2.68. The lowest BCUT2D eigenvalue weighted by molar-refractivity contribution is 0.142. The molecule has 2 atom stereocenters. The van der Waals surface area contributed by atoms with Gasteiger partial charge in [-0.25, -0.2) is 0 Å². The van der Waals surface area contributed by atoms with Crippen LogP contribution in [0.4, 0.5) is 0 Å². The summed E-state index contributed by atoms with van der Waals surface area (Å²) in [5.74, 6) is 0.994. The third-order valence-electron chi connectivity index (χ3n) is 3.33. The Morgan fingerprint density at radius 3 is 2.10 bits per heavy atom. The van der Waals surface area contributed by atoms with E-state index < -0.39 is 0 Å². The Bertz CT molecular complexity index is 119. The molecule has 1 nitrogen and oxygen atoms in total. The van der Waals surface area contributed by atoms with E-state index in [0.717, 1.165) is 18.0 Å². The van der Waals surface area contributed by atoms with Crippen molar-refractivity contribution in [3.63, 3.8) is 0 Å². The zero-order chi connectivity index (χ0) is 7.14. The summed E-state index contributed by atoms with van der Waals surface area (Å²) in [5.41, 5.74) is 0. The van der Waals surface area contributed by atoms with Crippen molar-refractivity contribution in [3.8, 4) is 0 Å². The highest BCUT2D eigenvalue weighted by Gasteiger charge is 2.36. The average molecular weight is 139 g/mol. The van der Waals surface area contributed by atoms with Crippen molar-refractivity contribution in [3.05, 3.63) is 0 Å². The summed E-state index contributed by atoms with van der Waals surface area (Å²) in [6.07, 6.45) is 5.83. The second kappa shape index (κ2) is 2.23. The van der Waals surface area contributed by atoms with Crippen molar-refractivity contribution in [2.24, 2.45) is 5.92 Å². The summed E-state index contributed by atoms with van der Waals surface area (Å²) in [6, 6.07) is 1.88. The predicted octanol–water partition coefficient (Wildman–Crippen LogP) is 1.88. The molecule has 0 radical (unpaired) electrons. The molecule has 0 aromatic carbocycles. The largest absolute Gasteiger partial charge is 0.300 e. The first-order chi connectivity index (χ1) is 4.77. The third kappa shape index (κ3) is 0.878. The van der Waals surface area contributed by atoms with Crippen molar-refractivity contribution < 1.29 is 0 Å². The zero-order valence-corrected chi connectivity index (χ0v) is 7.01. The Balaban J connectivity index is 2.09. The van der Waals surface area contributed by atoms with Crippen LogP contribution in [0.5, 0.6) is 0 Å². The van der Waals surface area contributed by atoms with Crippen LogP contribution >= 0.6 is 0 Å². The van der Waals surface area contributed by atoms with Crippen molar-refractivity contribution in [2.75, 3.05) is 7.05 Å². The van der Waals surface area contributed by atoms with Crippen LogP contribution in [0.2, 0.25) is 0 Å². The van der Waals surface area contributed by atoms with E-state index in [1.807, 2.05) is 0 Å². The van der Waals surface area contributed by atoms with Crippen molar-refractivity contribution in [1.29, 1.82) is 0 Å². The Kier molecular flexibility index (Phi) is 1.48. The highest BCUT2D eigenvalue weighted by molar-refractivity contribution is 4.91. The van der Waals surface area contributed by atoms with Gasteiger partial charge in [-0.05, 0) is 38.6 Å². The maximum Gasteiger partial charge on any atom is 0.00982 e. The average Bonchev–Trinajstić information content (AvgIpc) is 2.20.